The smallest absolute Gasteiger partial charge is 0.444 e. The van der Waals surface area contributed by atoms with Crippen LogP contribution in [0.5, 0.6) is 5.75 Å². The Kier molecular flexibility index (Phi) is 32.6. The zero-order chi connectivity index (χ0) is 106. The summed E-state index contributed by atoms with van der Waals surface area (Å²) in [7, 11) is -19.4. The van der Waals surface area contributed by atoms with Crippen LogP contribution in [0.15, 0.2) is 243 Å². The predicted molar refractivity (Wildman–Crippen MR) is 529 cm³/mol. The van der Waals surface area contributed by atoms with Crippen molar-refractivity contribution in [1.29, 1.82) is 0 Å². The van der Waals surface area contributed by atoms with Gasteiger partial charge in [0.25, 0.3) is 5.69 Å². The molecule has 5 amide bonds. The highest BCUT2D eigenvalue weighted by molar-refractivity contribution is 7.90. The topological polar surface area (TPSA) is 387 Å². The van der Waals surface area contributed by atoms with E-state index in [1.165, 1.54) is 54.2 Å². The van der Waals surface area contributed by atoms with E-state index < -0.39 is 114 Å². The van der Waals surface area contributed by atoms with Crippen LogP contribution in [0.4, 0.5) is 88.8 Å². The minimum absolute atomic E-state index is 0.0414. The molecule has 786 valence electrons. The van der Waals surface area contributed by atoms with E-state index in [-0.39, 0.29) is 166 Å². The second-order valence-electron chi connectivity index (χ2n) is 36.2. The lowest BCUT2D eigenvalue weighted by Gasteiger charge is -2.40. The Hall–Kier alpha value is -12.6. The number of nitro groups is 1. The number of aryl methyl sites for hydroxylation is 3. The molecule has 0 spiro atoms. The maximum atomic E-state index is 13.4. The van der Waals surface area contributed by atoms with Crippen LogP contribution in [0.1, 0.15) is 114 Å². The molecule has 0 aromatic heterocycles. The second kappa shape index (κ2) is 44.7. The van der Waals surface area contributed by atoms with Crippen molar-refractivity contribution in [1.82, 2.24) is 21.5 Å². The number of anilines is 5. The van der Waals surface area contributed by atoms with Gasteiger partial charge in [-0.05, 0) is 199 Å². The van der Waals surface area contributed by atoms with Crippen LogP contribution in [-0.2, 0) is 113 Å². The molecule has 5 fully saturated rings. The standard InChI is InChI=1S/C22H26N2O4S.C20H18F3N3O6S.C20H19F3N2O5S.C19H18Cl2N2O4S.C19H19FN2O4S/c1-15-12-16(2)21(17(3)13-15)29(26,27)23-10-8-19(9-11-23)24-20-7-5-4-6-18(20)14-28-22(24)25;21-20(22,23)14-5-6-18(17(11-14)26(28)29)33(30,31)24-9-7-15(8-10-24)25-16-4-2-1-3-13(16)12-32-19(25)27;21-20(22,23)30-16-5-7-17(8-6-16)31(27,28)24-11-9-15(10-12-24)25-18-4-2-1-3-14(18)13-29-19(25)26;20-14-5-6-18(16(21)11-14)28(25,26)22-9-7-15(8-10-22)23-17-4-2-1-3-13(17)12-27-19(23)24;20-15-5-3-6-17(12-15)27(24,25)21-10-8-16(9-11-21)22-18-7-2-1-4-14(18)13-26-19(22)23/h4-7,12-13,19H,8-11,14H2,1-3H3;1-6,11,15H,7-10,12H2;1-8,15H,9-13H2;1-6,11,15H,7-10,12H2;1-7,12,16H,8-11,13H2. The molecular weight excluding hydrogens is 2090 g/mol. The van der Waals surface area contributed by atoms with Crippen LogP contribution in [0, 0.1) is 36.7 Å². The van der Waals surface area contributed by atoms with Gasteiger partial charge in [0.15, 0.2) is 4.90 Å². The van der Waals surface area contributed by atoms with E-state index in [1.807, 2.05) is 142 Å². The van der Waals surface area contributed by atoms with Crippen LogP contribution in [0.2, 0.25) is 10.0 Å². The second-order valence-corrected chi connectivity index (χ2v) is 46.6. The van der Waals surface area contributed by atoms with Crippen molar-refractivity contribution in [3.05, 3.63) is 294 Å². The first-order valence-electron chi connectivity index (χ1n) is 47.0. The number of hydrogen-bond acceptors (Lipinski definition) is 23. The minimum Gasteiger partial charge on any atom is -0.444 e. The lowest BCUT2D eigenvalue weighted by Crippen LogP contribution is -2.50. The Morgan fingerprint density at radius 3 is 0.966 bits per heavy atom. The third-order valence-corrected chi connectivity index (χ3v) is 37.5. The first-order chi connectivity index (χ1) is 70.3. The fourth-order valence-electron chi connectivity index (χ4n) is 19.8. The van der Waals surface area contributed by atoms with E-state index in [9.17, 15) is 107 Å². The zero-order valence-electron chi connectivity index (χ0n) is 79.6. The van der Waals surface area contributed by atoms with Crippen molar-refractivity contribution >= 4 is 138 Å². The average Bonchev–Trinajstić information content (AvgIpc) is 0.819. The van der Waals surface area contributed by atoms with Crippen LogP contribution < -0.4 is 29.2 Å². The van der Waals surface area contributed by atoms with Crippen LogP contribution >= 0.6 is 23.2 Å². The number of amides is 5. The molecule has 5 saturated heterocycles. The van der Waals surface area contributed by atoms with Crippen LogP contribution in [0.3, 0.4) is 0 Å². The molecule has 10 aromatic rings. The molecular formula is C100H100Cl2F7N11O23S5. The molecule has 0 radical (unpaired) electrons. The molecule has 10 aliphatic heterocycles. The number of halogens is 9. The number of alkyl halides is 6. The molecule has 0 aliphatic carbocycles. The van der Waals surface area contributed by atoms with Gasteiger partial charge in [-0.1, -0.05) is 138 Å². The summed E-state index contributed by atoms with van der Waals surface area (Å²) in [5.41, 5.74) is 8.69. The van der Waals surface area contributed by atoms with Crippen LogP contribution in [0.25, 0.3) is 0 Å². The monoisotopic (exact) mass is 2190 g/mol. The van der Waals surface area contributed by atoms with Gasteiger partial charge in [0.05, 0.1) is 58.6 Å². The normalized spacial score (nSPS) is 18.5. The summed E-state index contributed by atoms with van der Waals surface area (Å²) >= 11 is 12.0. The quantitative estimate of drug-likeness (QED) is 0.0353. The van der Waals surface area contributed by atoms with Crippen LogP contribution in [-0.4, -0.2) is 201 Å². The molecule has 10 aliphatic rings. The Bertz CT molecular complexity index is 7300. The molecule has 0 atom stereocenters. The maximum absolute atomic E-state index is 13.4. The number of cyclic esters (lactones) is 5. The van der Waals surface area contributed by atoms with Gasteiger partial charge in [-0.3, -0.25) is 34.6 Å². The van der Waals surface area contributed by atoms with Gasteiger partial charge in [0, 0.05) is 135 Å². The lowest BCUT2D eigenvalue weighted by atomic mass is 10.0. The summed E-state index contributed by atoms with van der Waals surface area (Å²) in [5.74, 6) is -1.08. The Balaban J connectivity index is 0.000000132. The largest absolute Gasteiger partial charge is 0.573 e. The molecule has 0 unspecified atom stereocenters. The molecule has 10 heterocycles. The van der Waals surface area contributed by atoms with E-state index in [2.05, 4.69) is 4.74 Å². The van der Waals surface area contributed by atoms with Crippen molar-refractivity contribution in [3.8, 4) is 5.75 Å². The summed E-state index contributed by atoms with van der Waals surface area (Å²) in [6.07, 6.45) is -7.48. The van der Waals surface area contributed by atoms with Gasteiger partial charge in [-0.2, -0.15) is 34.7 Å². The maximum Gasteiger partial charge on any atom is 0.573 e. The fraction of sp³-hybridized carbons (Fsp3) is 0.350. The summed E-state index contributed by atoms with van der Waals surface area (Å²) < 4.78 is 256. The van der Waals surface area contributed by atoms with Gasteiger partial charge >= 0.3 is 43.0 Å². The number of nitro benzene ring substituents is 1. The number of benzene rings is 10. The summed E-state index contributed by atoms with van der Waals surface area (Å²) in [6.45, 7) is 8.84. The number of sulfonamides is 5. The number of hydrogen-bond donors (Lipinski definition) is 0. The van der Waals surface area contributed by atoms with Gasteiger partial charge in [-0.25, -0.2) is 70.5 Å². The molecule has 10 aromatic carbocycles. The molecule has 20 rings (SSSR count). The van der Waals surface area contributed by atoms with Crippen molar-refractivity contribution in [3.63, 3.8) is 0 Å². The van der Waals surface area contributed by atoms with Crippen molar-refractivity contribution < 1.29 is 130 Å². The first kappa shape index (κ1) is 108. The Labute approximate surface area is 859 Å². The van der Waals surface area contributed by atoms with Gasteiger partial charge in [0.1, 0.15) is 49.5 Å². The third-order valence-electron chi connectivity index (χ3n) is 26.9. The molecule has 148 heavy (non-hydrogen) atoms. The molecule has 34 nitrogen and oxygen atoms in total. The van der Waals surface area contributed by atoms with E-state index in [0.717, 1.165) is 102 Å². The number of carbonyl (C=O) groups is 5. The molecule has 0 saturated carbocycles. The SMILES string of the molecule is Cc1cc(C)c(S(=O)(=O)N2CCC(N3C(=O)OCc4ccccc43)CC2)c(C)c1.O=C1OCc2ccccc2N1C1CCN(S(=O)(=O)c2ccc(C(F)(F)F)cc2[N+](=O)[O-])CC1.O=C1OCc2ccccc2N1C1CCN(S(=O)(=O)c2ccc(Cl)cc2Cl)CC1.O=C1OCc2ccccc2N1C1CCN(S(=O)(=O)c2ccc(OC(F)(F)F)cc2)CC1.O=C1OCc2ccccc2N1C1CCN(S(=O)(=O)c2cccc(F)c2)CC1. The summed E-state index contributed by atoms with van der Waals surface area (Å²) in [4.78, 5) is 79.6. The number of fused-ring (bicyclic) bond motifs is 5. The molecule has 0 N–H and O–H groups in total. The lowest BCUT2D eigenvalue weighted by molar-refractivity contribution is -0.388. The first-order valence-corrected chi connectivity index (χ1v) is 54.9. The van der Waals surface area contributed by atoms with E-state index in [4.69, 9.17) is 46.9 Å². The summed E-state index contributed by atoms with van der Waals surface area (Å²) in [6, 6.07) is 55.2. The third kappa shape index (κ3) is 23.7. The van der Waals surface area contributed by atoms with E-state index in [0.29, 0.717) is 92.2 Å². The minimum atomic E-state index is -4.86. The Morgan fingerprint density at radius 2 is 0.655 bits per heavy atom. The highest BCUT2D eigenvalue weighted by Gasteiger charge is 2.47. The molecule has 0 bridgehead atoms. The molecule has 48 heteroatoms. The van der Waals surface area contributed by atoms with E-state index in [1.54, 1.807) is 36.0 Å². The number of para-hydroxylation sites is 5. The van der Waals surface area contributed by atoms with Crippen molar-refractivity contribution in [2.75, 3.05) is 89.9 Å². The highest BCUT2D eigenvalue weighted by atomic mass is 35.5. The van der Waals surface area contributed by atoms with Gasteiger partial charge in [-0.15, -0.1) is 13.2 Å². The fourth-order valence-corrected chi connectivity index (χ4v) is 28.4. The van der Waals surface area contributed by atoms with E-state index >= 15 is 0 Å². The average molecular weight is 2190 g/mol. The Morgan fingerprint density at radius 1 is 0.351 bits per heavy atom. The predicted octanol–water partition coefficient (Wildman–Crippen LogP) is 19.2. The number of ether oxygens (including phenoxy) is 6. The number of carbonyl (C=O) groups excluding carboxylic acids is 5. The highest BCUT2D eigenvalue weighted by Crippen LogP contribution is 2.44. The van der Waals surface area contributed by atoms with Crippen molar-refractivity contribution in [2.24, 2.45) is 0 Å². The van der Waals surface area contributed by atoms with Crippen molar-refractivity contribution in [2.45, 2.75) is 185 Å². The van der Waals surface area contributed by atoms with Gasteiger partial charge < -0.3 is 28.4 Å². The zero-order valence-corrected chi connectivity index (χ0v) is 85.2. The van der Waals surface area contributed by atoms with Gasteiger partial charge in [0.2, 0.25) is 50.1 Å². The summed E-state index contributed by atoms with van der Waals surface area (Å²) in [5, 5.41) is 11.8. The number of piperidine rings is 5. The number of nitrogens with zero attached hydrogens (tertiary/aromatic N) is 11. The number of rotatable bonds is 17.